The average molecular weight is 237 g/mol. The molecule has 0 aromatic heterocycles. The second-order valence-corrected chi connectivity index (χ2v) is 5.24. The molecular formula is C17H19N. The van der Waals surface area contributed by atoms with E-state index in [9.17, 15) is 0 Å². The van der Waals surface area contributed by atoms with E-state index in [2.05, 4.69) is 55.6 Å². The lowest BCUT2D eigenvalue weighted by Gasteiger charge is -2.21. The van der Waals surface area contributed by atoms with Gasteiger partial charge in [0.25, 0.3) is 0 Å². The molecule has 1 aliphatic rings. The SMILES string of the molecule is Cc1cc(C)cc(-c2cccc3c2CCCN3)c1. The lowest BCUT2D eigenvalue weighted by atomic mass is 9.91. The fourth-order valence-corrected chi connectivity index (χ4v) is 2.91. The third-order valence-electron chi connectivity index (χ3n) is 3.63. The monoisotopic (exact) mass is 237 g/mol. The molecule has 0 radical (unpaired) electrons. The van der Waals surface area contributed by atoms with Gasteiger partial charge in [-0.1, -0.05) is 41.5 Å². The lowest BCUT2D eigenvalue weighted by Crippen LogP contribution is -2.12. The van der Waals surface area contributed by atoms with Gasteiger partial charge in [0.1, 0.15) is 0 Å². The van der Waals surface area contributed by atoms with Crippen molar-refractivity contribution < 1.29 is 0 Å². The van der Waals surface area contributed by atoms with Crippen LogP contribution in [-0.2, 0) is 6.42 Å². The van der Waals surface area contributed by atoms with Gasteiger partial charge in [-0.05, 0) is 49.4 Å². The number of fused-ring (bicyclic) bond motifs is 1. The van der Waals surface area contributed by atoms with E-state index in [1.54, 1.807) is 0 Å². The smallest absolute Gasteiger partial charge is 0.0378 e. The van der Waals surface area contributed by atoms with Crippen molar-refractivity contribution in [3.05, 3.63) is 53.1 Å². The highest BCUT2D eigenvalue weighted by atomic mass is 14.9. The van der Waals surface area contributed by atoms with Gasteiger partial charge in [0, 0.05) is 12.2 Å². The Labute approximate surface area is 109 Å². The van der Waals surface area contributed by atoms with Crippen molar-refractivity contribution in [3.63, 3.8) is 0 Å². The molecule has 0 bridgehead atoms. The fraction of sp³-hybridized carbons (Fsp3) is 0.294. The maximum atomic E-state index is 3.50. The van der Waals surface area contributed by atoms with Crippen molar-refractivity contribution in [2.75, 3.05) is 11.9 Å². The Balaban J connectivity index is 2.16. The van der Waals surface area contributed by atoms with E-state index in [-0.39, 0.29) is 0 Å². The van der Waals surface area contributed by atoms with Gasteiger partial charge >= 0.3 is 0 Å². The van der Waals surface area contributed by atoms with Crippen LogP contribution in [0.5, 0.6) is 0 Å². The molecule has 2 aromatic rings. The van der Waals surface area contributed by atoms with E-state index in [1.807, 2.05) is 0 Å². The van der Waals surface area contributed by atoms with E-state index < -0.39 is 0 Å². The summed E-state index contributed by atoms with van der Waals surface area (Å²) in [6, 6.07) is 13.4. The van der Waals surface area contributed by atoms with E-state index >= 15 is 0 Å². The lowest BCUT2D eigenvalue weighted by molar-refractivity contribution is 0.832. The number of hydrogen-bond acceptors (Lipinski definition) is 1. The van der Waals surface area contributed by atoms with E-state index in [4.69, 9.17) is 0 Å². The predicted molar refractivity (Wildman–Crippen MR) is 78.2 cm³/mol. The highest BCUT2D eigenvalue weighted by Gasteiger charge is 2.13. The zero-order chi connectivity index (χ0) is 12.5. The van der Waals surface area contributed by atoms with Gasteiger partial charge in [-0.2, -0.15) is 0 Å². The zero-order valence-corrected chi connectivity index (χ0v) is 11.1. The summed E-state index contributed by atoms with van der Waals surface area (Å²) in [6.07, 6.45) is 2.42. The van der Waals surface area contributed by atoms with Crippen molar-refractivity contribution in [3.8, 4) is 11.1 Å². The molecule has 0 saturated heterocycles. The topological polar surface area (TPSA) is 12.0 Å². The number of anilines is 1. The molecule has 1 nitrogen and oxygen atoms in total. The normalized spacial score (nSPS) is 13.9. The number of hydrogen-bond donors (Lipinski definition) is 1. The molecule has 0 amide bonds. The van der Waals surface area contributed by atoms with Crippen LogP contribution in [0.25, 0.3) is 11.1 Å². The average Bonchev–Trinajstić information content (AvgIpc) is 2.37. The first-order valence-corrected chi connectivity index (χ1v) is 6.68. The first-order valence-electron chi connectivity index (χ1n) is 6.68. The Morgan fingerprint density at radius 2 is 1.78 bits per heavy atom. The van der Waals surface area contributed by atoms with Crippen LogP contribution in [0.15, 0.2) is 36.4 Å². The summed E-state index contributed by atoms with van der Waals surface area (Å²) in [5, 5.41) is 3.50. The van der Waals surface area contributed by atoms with Gasteiger partial charge < -0.3 is 5.32 Å². The van der Waals surface area contributed by atoms with Gasteiger partial charge in [0.15, 0.2) is 0 Å². The third kappa shape index (κ3) is 2.01. The van der Waals surface area contributed by atoms with Gasteiger partial charge in [-0.25, -0.2) is 0 Å². The Kier molecular flexibility index (Phi) is 2.83. The first kappa shape index (κ1) is 11.3. The second-order valence-electron chi connectivity index (χ2n) is 5.24. The zero-order valence-electron chi connectivity index (χ0n) is 11.1. The van der Waals surface area contributed by atoms with E-state index in [1.165, 1.54) is 46.3 Å². The van der Waals surface area contributed by atoms with Gasteiger partial charge in [0.05, 0.1) is 0 Å². The van der Waals surface area contributed by atoms with Gasteiger partial charge in [-0.15, -0.1) is 0 Å². The first-order chi connectivity index (χ1) is 8.74. The van der Waals surface area contributed by atoms with Crippen molar-refractivity contribution in [1.29, 1.82) is 0 Å². The molecule has 0 saturated carbocycles. The van der Waals surface area contributed by atoms with E-state index in [0.717, 1.165) is 6.54 Å². The number of rotatable bonds is 1. The van der Waals surface area contributed by atoms with Crippen molar-refractivity contribution in [2.45, 2.75) is 26.7 Å². The Morgan fingerprint density at radius 3 is 2.56 bits per heavy atom. The Bertz CT molecular complexity index is 564. The largest absolute Gasteiger partial charge is 0.385 e. The third-order valence-corrected chi connectivity index (χ3v) is 3.63. The standard InChI is InChI=1S/C17H19N/c1-12-9-13(2)11-14(10-12)15-5-3-7-17-16(15)6-4-8-18-17/h3,5,7,9-11,18H,4,6,8H2,1-2H3. The molecule has 92 valence electrons. The fourth-order valence-electron chi connectivity index (χ4n) is 2.91. The van der Waals surface area contributed by atoms with Crippen LogP contribution in [0.4, 0.5) is 5.69 Å². The summed E-state index contributed by atoms with van der Waals surface area (Å²) >= 11 is 0. The summed E-state index contributed by atoms with van der Waals surface area (Å²) in [4.78, 5) is 0. The summed E-state index contributed by atoms with van der Waals surface area (Å²) in [5.41, 5.74) is 8.23. The quantitative estimate of drug-likeness (QED) is 0.778. The summed E-state index contributed by atoms with van der Waals surface area (Å²) < 4.78 is 0. The number of benzene rings is 2. The van der Waals surface area contributed by atoms with Gasteiger partial charge in [-0.3, -0.25) is 0 Å². The molecule has 2 aromatic carbocycles. The highest BCUT2D eigenvalue weighted by molar-refractivity contribution is 5.75. The van der Waals surface area contributed by atoms with Crippen molar-refractivity contribution in [2.24, 2.45) is 0 Å². The van der Waals surface area contributed by atoms with Crippen LogP contribution in [0.3, 0.4) is 0 Å². The van der Waals surface area contributed by atoms with Crippen LogP contribution in [0.2, 0.25) is 0 Å². The summed E-state index contributed by atoms with van der Waals surface area (Å²) in [7, 11) is 0. The number of aryl methyl sites for hydroxylation is 2. The Morgan fingerprint density at radius 1 is 1.00 bits per heavy atom. The predicted octanol–water partition coefficient (Wildman–Crippen LogP) is 4.33. The van der Waals surface area contributed by atoms with Gasteiger partial charge in [0.2, 0.25) is 0 Å². The summed E-state index contributed by atoms with van der Waals surface area (Å²) in [6.45, 7) is 5.44. The van der Waals surface area contributed by atoms with Crippen LogP contribution in [0, 0.1) is 13.8 Å². The number of nitrogens with one attached hydrogen (secondary N) is 1. The summed E-state index contributed by atoms with van der Waals surface area (Å²) in [5.74, 6) is 0. The molecule has 0 unspecified atom stereocenters. The molecule has 1 heteroatoms. The maximum absolute atomic E-state index is 3.50. The van der Waals surface area contributed by atoms with Crippen LogP contribution in [-0.4, -0.2) is 6.54 Å². The van der Waals surface area contributed by atoms with Crippen molar-refractivity contribution >= 4 is 5.69 Å². The molecule has 3 rings (SSSR count). The molecule has 1 heterocycles. The molecule has 0 fully saturated rings. The molecule has 0 atom stereocenters. The minimum Gasteiger partial charge on any atom is -0.385 e. The molecule has 0 spiro atoms. The van der Waals surface area contributed by atoms with Crippen LogP contribution < -0.4 is 5.32 Å². The van der Waals surface area contributed by atoms with E-state index in [0.29, 0.717) is 0 Å². The maximum Gasteiger partial charge on any atom is 0.0378 e. The second kappa shape index (κ2) is 4.49. The minimum atomic E-state index is 1.10. The van der Waals surface area contributed by atoms with Crippen LogP contribution >= 0.6 is 0 Å². The van der Waals surface area contributed by atoms with Crippen LogP contribution in [0.1, 0.15) is 23.1 Å². The molecular weight excluding hydrogens is 218 g/mol. The molecule has 0 aliphatic carbocycles. The Hall–Kier alpha value is -1.76. The van der Waals surface area contributed by atoms with Crippen molar-refractivity contribution in [1.82, 2.24) is 0 Å². The molecule has 1 N–H and O–H groups in total. The molecule has 18 heavy (non-hydrogen) atoms. The highest BCUT2D eigenvalue weighted by Crippen LogP contribution is 2.33. The minimum absolute atomic E-state index is 1.10. The molecule has 1 aliphatic heterocycles.